The van der Waals surface area contributed by atoms with Crippen molar-refractivity contribution in [3.63, 3.8) is 0 Å². The Morgan fingerprint density at radius 3 is 2.47 bits per heavy atom. The zero-order valence-electron chi connectivity index (χ0n) is 11.8. The highest BCUT2D eigenvalue weighted by atomic mass is 16.4. The smallest absolute Gasteiger partial charge is 0.325 e. The lowest BCUT2D eigenvalue weighted by Crippen LogP contribution is -2.26. The molecule has 0 aromatic carbocycles. The summed E-state index contributed by atoms with van der Waals surface area (Å²) in [4.78, 5) is 10.8. The van der Waals surface area contributed by atoms with Crippen molar-refractivity contribution < 1.29 is 9.90 Å². The first-order valence-electron chi connectivity index (χ1n) is 6.86. The molecule has 1 aromatic rings. The molecule has 1 N–H and O–H groups in total. The Balaban J connectivity index is 2.02. The number of carbonyl (C=O) groups is 1. The van der Waals surface area contributed by atoms with Gasteiger partial charge in [0.25, 0.3) is 0 Å². The first-order chi connectivity index (χ1) is 8.88. The molecule has 6 heteroatoms. The summed E-state index contributed by atoms with van der Waals surface area (Å²) >= 11 is 0. The van der Waals surface area contributed by atoms with Crippen molar-refractivity contribution in [2.45, 2.75) is 58.9 Å². The van der Waals surface area contributed by atoms with E-state index in [9.17, 15) is 4.79 Å². The standard InChI is InChI=1S/C13H22N4O2/c1-13(2,3)10-6-4-9(5-7-10)12-14-15-16-17(12)8-11(18)19/h9-10H,4-8H2,1-3H3,(H,18,19). The zero-order chi connectivity index (χ0) is 14.0. The van der Waals surface area contributed by atoms with Crippen molar-refractivity contribution in [3.05, 3.63) is 5.82 Å². The number of carboxylic acid groups (broad SMARTS) is 1. The molecule has 0 unspecified atom stereocenters. The van der Waals surface area contributed by atoms with Gasteiger partial charge in [-0.1, -0.05) is 20.8 Å². The average molecular weight is 266 g/mol. The van der Waals surface area contributed by atoms with Crippen LogP contribution in [-0.2, 0) is 11.3 Å². The van der Waals surface area contributed by atoms with Crippen LogP contribution in [0.3, 0.4) is 0 Å². The van der Waals surface area contributed by atoms with Crippen LogP contribution in [0.5, 0.6) is 0 Å². The summed E-state index contributed by atoms with van der Waals surface area (Å²) in [5.41, 5.74) is 0.345. The molecule has 1 aromatic heterocycles. The average Bonchev–Trinajstić information content (AvgIpc) is 2.75. The minimum Gasteiger partial charge on any atom is -0.480 e. The summed E-state index contributed by atoms with van der Waals surface area (Å²) in [5, 5.41) is 20.3. The second-order valence-corrected chi connectivity index (χ2v) is 6.50. The van der Waals surface area contributed by atoms with Crippen LogP contribution in [0, 0.1) is 11.3 Å². The summed E-state index contributed by atoms with van der Waals surface area (Å²) in [6, 6.07) is 0. The van der Waals surface area contributed by atoms with Gasteiger partial charge in [0.1, 0.15) is 6.54 Å². The predicted octanol–water partition coefficient (Wildman–Crippen LogP) is 2.08. The van der Waals surface area contributed by atoms with E-state index in [4.69, 9.17) is 5.11 Å². The lowest BCUT2D eigenvalue weighted by atomic mass is 9.70. The number of nitrogens with zero attached hydrogens (tertiary/aromatic N) is 4. The molecule has 6 nitrogen and oxygen atoms in total. The van der Waals surface area contributed by atoms with Crippen LogP contribution in [0.25, 0.3) is 0 Å². The van der Waals surface area contributed by atoms with Crippen molar-refractivity contribution in [3.8, 4) is 0 Å². The van der Waals surface area contributed by atoms with Crippen LogP contribution in [-0.4, -0.2) is 31.3 Å². The zero-order valence-corrected chi connectivity index (χ0v) is 11.8. The summed E-state index contributed by atoms with van der Waals surface area (Å²) < 4.78 is 1.42. The third-order valence-corrected chi connectivity index (χ3v) is 4.16. The fraction of sp³-hybridized carbons (Fsp3) is 0.846. The number of hydrogen-bond donors (Lipinski definition) is 1. The minimum absolute atomic E-state index is 0.151. The van der Waals surface area contributed by atoms with Gasteiger partial charge in [0, 0.05) is 5.92 Å². The maximum atomic E-state index is 10.8. The minimum atomic E-state index is -0.906. The summed E-state index contributed by atoms with van der Waals surface area (Å²) in [5.74, 6) is 0.854. The van der Waals surface area contributed by atoms with E-state index in [0.29, 0.717) is 11.3 Å². The lowest BCUT2D eigenvalue weighted by Gasteiger charge is -2.36. The monoisotopic (exact) mass is 266 g/mol. The Morgan fingerprint density at radius 1 is 1.32 bits per heavy atom. The molecule has 1 saturated carbocycles. The van der Waals surface area contributed by atoms with Crippen molar-refractivity contribution in [1.82, 2.24) is 20.2 Å². The van der Waals surface area contributed by atoms with Crippen LogP contribution < -0.4 is 0 Å². The first kappa shape index (κ1) is 14.0. The molecule has 106 valence electrons. The normalized spacial score (nSPS) is 24.4. The molecule has 0 radical (unpaired) electrons. The van der Waals surface area contributed by atoms with E-state index < -0.39 is 5.97 Å². The summed E-state index contributed by atoms with van der Waals surface area (Å²) in [6.07, 6.45) is 4.41. The maximum Gasteiger partial charge on any atom is 0.325 e. The Labute approximate surface area is 113 Å². The maximum absolute atomic E-state index is 10.8. The molecular weight excluding hydrogens is 244 g/mol. The molecule has 1 fully saturated rings. The molecule has 0 saturated heterocycles. The molecule has 0 amide bonds. The predicted molar refractivity (Wildman–Crippen MR) is 69.6 cm³/mol. The quantitative estimate of drug-likeness (QED) is 0.905. The van der Waals surface area contributed by atoms with Crippen LogP contribution in [0.2, 0.25) is 0 Å². The van der Waals surface area contributed by atoms with Gasteiger partial charge in [-0.25, -0.2) is 4.68 Å². The van der Waals surface area contributed by atoms with E-state index >= 15 is 0 Å². The van der Waals surface area contributed by atoms with Crippen molar-refractivity contribution >= 4 is 5.97 Å². The number of tetrazole rings is 1. The summed E-state index contributed by atoms with van der Waals surface area (Å²) in [6.45, 7) is 6.70. The van der Waals surface area contributed by atoms with E-state index in [2.05, 4.69) is 36.3 Å². The van der Waals surface area contributed by atoms with Crippen molar-refractivity contribution in [2.75, 3.05) is 0 Å². The molecule has 1 heterocycles. The van der Waals surface area contributed by atoms with Crippen molar-refractivity contribution in [2.24, 2.45) is 11.3 Å². The lowest BCUT2D eigenvalue weighted by molar-refractivity contribution is -0.138. The molecule has 0 aliphatic heterocycles. The molecule has 2 rings (SSSR count). The van der Waals surface area contributed by atoms with Crippen LogP contribution in [0.4, 0.5) is 0 Å². The summed E-state index contributed by atoms with van der Waals surface area (Å²) in [7, 11) is 0. The van der Waals surface area contributed by atoms with Gasteiger partial charge >= 0.3 is 5.97 Å². The van der Waals surface area contributed by atoms with Gasteiger partial charge in [-0.3, -0.25) is 4.79 Å². The first-order valence-corrected chi connectivity index (χ1v) is 6.86. The highest BCUT2D eigenvalue weighted by Crippen LogP contribution is 2.42. The van der Waals surface area contributed by atoms with Crippen LogP contribution in [0.15, 0.2) is 0 Å². The number of hydrogen-bond acceptors (Lipinski definition) is 4. The van der Waals surface area contributed by atoms with E-state index in [0.717, 1.165) is 37.4 Å². The SMILES string of the molecule is CC(C)(C)C1CCC(c2nnnn2CC(=O)O)CC1. The van der Waals surface area contributed by atoms with Gasteiger partial charge in [-0.2, -0.15) is 0 Å². The van der Waals surface area contributed by atoms with E-state index in [1.165, 1.54) is 4.68 Å². The van der Waals surface area contributed by atoms with Gasteiger partial charge in [-0.05, 0) is 47.4 Å². The van der Waals surface area contributed by atoms with E-state index in [1.807, 2.05) is 0 Å². The van der Waals surface area contributed by atoms with Gasteiger partial charge in [0.2, 0.25) is 0 Å². The van der Waals surface area contributed by atoms with Gasteiger partial charge < -0.3 is 5.11 Å². The fourth-order valence-corrected chi connectivity index (χ4v) is 2.96. The van der Waals surface area contributed by atoms with Gasteiger partial charge in [-0.15, -0.1) is 5.10 Å². The number of aliphatic carboxylic acids is 1. The Kier molecular flexibility index (Phi) is 3.87. The van der Waals surface area contributed by atoms with Crippen LogP contribution >= 0.6 is 0 Å². The number of rotatable bonds is 3. The molecule has 0 spiro atoms. The molecule has 0 bridgehead atoms. The highest BCUT2D eigenvalue weighted by molar-refractivity contribution is 5.66. The molecule has 0 atom stereocenters. The molecule has 19 heavy (non-hydrogen) atoms. The van der Waals surface area contributed by atoms with Crippen LogP contribution in [0.1, 0.15) is 58.2 Å². The Bertz CT molecular complexity index is 442. The van der Waals surface area contributed by atoms with E-state index in [1.54, 1.807) is 0 Å². The van der Waals surface area contributed by atoms with E-state index in [-0.39, 0.29) is 6.54 Å². The molecular formula is C13H22N4O2. The Morgan fingerprint density at radius 2 is 1.95 bits per heavy atom. The Hall–Kier alpha value is -1.46. The number of carboxylic acids is 1. The number of aromatic nitrogens is 4. The second-order valence-electron chi connectivity index (χ2n) is 6.50. The topological polar surface area (TPSA) is 80.9 Å². The fourth-order valence-electron chi connectivity index (χ4n) is 2.96. The third kappa shape index (κ3) is 3.30. The molecule has 1 aliphatic carbocycles. The second kappa shape index (κ2) is 5.27. The van der Waals surface area contributed by atoms with Gasteiger partial charge in [0.05, 0.1) is 0 Å². The van der Waals surface area contributed by atoms with Gasteiger partial charge in [0.15, 0.2) is 5.82 Å². The van der Waals surface area contributed by atoms with Crippen molar-refractivity contribution in [1.29, 1.82) is 0 Å². The largest absolute Gasteiger partial charge is 0.480 e. The third-order valence-electron chi connectivity index (χ3n) is 4.16. The highest BCUT2D eigenvalue weighted by Gasteiger charge is 2.32. The molecule has 1 aliphatic rings.